The standard InChI is InChI=1S/C13H18N2O5/c1-9(8-13(2,14-3)12(16)17)20-11-6-4-5-10(7-11)15(18)19/h4-7,9,14H,8H2,1-3H3,(H,16,17). The van der Waals surface area contributed by atoms with E-state index in [0.29, 0.717) is 5.75 Å². The number of aliphatic carboxylic acids is 1. The van der Waals surface area contributed by atoms with E-state index in [1.54, 1.807) is 27.0 Å². The van der Waals surface area contributed by atoms with Gasteiger partial charge in [0.2, 0.25) is 0 Å². The normalized spacial score (nSPS) is 15.2. The molecular formula is C13H18N2O5. The smallest absolute Gasteiger partial charge is 0.323 e. The molecule has 110 valence electrons. The number of non-ortho nitro benzene ring substituents is 1. The van der Waals surface area contributed by atoms with E-state index in [1.807, 2.05) is 0 Å². The van der Waals surface area contributed by atoms with Gasteiger partial charge >= 0.3 is 5.97 Å². The van der Waals surface area contributed by atoms with Crippen LogP contribution in [0.5, 0.6) is 5.75 Å². The third-order valence-electron chi connectivity index (χ3n) is 3.09. The molecule has 1 aromatic carbocycles. The Morgan fingerprint density at radius 1 is 1.60 bits per heavy atom. The average molecular weight is 282 g/mol. The Morgan fingerprint density at radius 2 is 2.25 bits per heavy atom. The first-order chi connectivity index (χ1) is 9.28. The Morgan fingerprint density at radius 3 is 2.75 bits per heavy atom. The largest absolute Gasteiger partial charge is 0.490 e. The number of rotatable bonds is 7. The number of carbonyl (C=O) groups is 1. The van der Waals surface area contributed by atoms with Gasteiger partial charge < -0.3 is 15.2 Å². The number of nitrogens with zero attached hydrogens (tertiary/aromatic N) is 1. The predicted molar refractivity (Wildman–Crippen MR) is 72.9 cm³/mol. The number of nitro benzene ring substituents is 1. The summed E-state index contributed by atoms with van der Waals surface area (Å²) in [6.45, 7) is 3.28. The molecule has 0 heterocycles. The molecule has 0 aliphatic rings. The number of carboxylic acid groups (broad SMARTS) is 1. The van der Waals surface area contributed by atoms with E-state index in [-0.39, 0.29) is 12.1 Å². The van der Waals surface area contributed by atoms with Gasteiger partial charge in [-0.05, 0) is 27.0 Å². The van der Waals surface area contributed by atoms with E-state index < -0.39 is 22.5 Å². The molecule has 0 aliphatic carbocycles. The van der Waals surface area contributed by atoms with Gasteiger partial charge in [0.1, 0.15) is 11.3 Å². The molecule has 0 bridgehead atoms. The molecule has 1 rings (SSSR count). The van der Waals surface area contributed by atoms with Crippen molar-refractivity contribution in [2.45, 2.75) is 31.9 Å². The summed E-state index contributed by atoms with van der Waals surface area (Å²) in [6.07, 6.45) is -0.188. The third-order valence-corrected chi connectivity index (χ3v) is 3.09. The fraction of sp³-hybridized carbons (Fsp3) is 0.462. The average Bonchev–Trinajstić information content (AvgIpc) is 2.38. The second-order valence-electron chi connectivity index (χ2n) is 4.77. The minimum atomic E-state index is -1.11. The van der Waals surface area contributed by atoms with Crippen molar-refractivity contribution in [1.82, 2.24) is 5.32 Å². The van der Waals surface area contributed by atoms with E-state index in [4.69, 9.17) is 9.84 Å². The molecule has 0 aliphatic heterocycles. The number of benzene rings is 1. The van der Waals surface area contributed by atoms with Crippen molar-refractivity contribution in [1.29, 1.82) is 0 Å². The van der Waals surface area contributed by atoms with Crippen LogP contribution in [0.4, 0.5) is 5.69 Å². The van der Waals surface area contributed by atoms with Crippen molar-refractivity contribution in [3.05, 3.63) is 34.4 Å². The van der Waals surface area contributed by atoms with Crippen LogP contribution in [-0.2, 0) is 4.79 Å². The van der Waals surface area contributed by atoms with Gasteiger partial charge in [0.25, 0.3) is 5.69 Å². The zero-order chi connectivity index (χ0) is 15.3. The highest BCUT2D eigenvalue weighted by Gasteiger charge is 2.33. The van der Waals surface area contributed by atoms with Gasteiger partial charge in [-0.2, -0.15) is 0 Å². The number of hydrogen-bond donors (Lipinski definition) is 2. The van der Waals surface area contributed by atoms with Crippen LogP contribution in [0, 0.1) is 10.1 Å². The van der Waals surface area contributed by atoms with E-state index >= 15 is 0 Å². The Balaban J connectivity index is 2.76. The van der Waals surface area contributed by atoms with Crippen LogP contribution in [0.1, 0.15) is 20.3 Å². The highest BCUT2D eigenvalue weighted by Crippen LogP contribution is 2.22. The first-order valence-corrected chi connectivity index (χ1v) is 6.12. The summed E-state index contributed by atoms with van der Waals surface area (Å²) in [5.74, 6) is -0.634. The number of hydrogen-bond acceptors (Lipinski definition) is 5. The minimum Gasteiger partial charge on any atom is -0.490 e. The predicted octanol–water partition coefficient (Wildman–Crippen LogP) is 1.81. The number of ether oxygens (including phenoxy) is 1. The number of nitro groups is 1. The maximum absolute atomic E-state index is 11.2. The van der Waals surface area contributed by atoms with Crippen LogP contribution in [0.3, 0.4) is 0 Å². The number of carboxylic acids is 1. The highest BCUT2D eigenvalue weighted by molar-refractivity contribution is 5.78. The maximum atomic E-state index is 11.2. The quantitative estimate of drug-likeness (QED) is 0.584. The zero-order valence-corrected chi connectivity index (χ0v) is 11.6. The molecule has 2 atom stereocenters. The van der Waals surface area contributed by atoms with Gasteiger partial charge in [0, 0.05) is 12.5 Å². The van der Waals surface area contributed by atoms with E-state index in [2.05, 4.69) is 5.32 Å². The van der Waals surface area contributed by atoms with Crippen molar-refractivity contribution in [2.24, 2.45) is 0 Å². The molecule has 2 N–H and O–H groups in total. The molecule has 0 amide bonds. The SMILES string of the molecule is CNC(C)(CC(C)Oc1cccc([N+](=O)[O-])c1)C(=O)O. The summed E-state index contributed by atoms with van der Waals surface area (Å²) in [4.78, 5) is 21.3. The van der Waals surface area contributed by atoms with Gasteiger partial charge in [-0.25, -0.2) is 0 Å². The van der Waals surface area contributed by atoms with Crippen LogP contribution < -0.4 is 10.1 Å². The number of likely N-dealkylation sites (N-methyl/N-ethyl adjacent to an activating group) is 1. The molecule has 0 aromatic heterocycles. The summed E-state index contributed by atoms with van der Waals surface area (Å²) < 4.78 is 5.55. The second-order valence-corrected chi connectivity index (χ2v) is 4.77. The van der Waals surface area contributed by atoms with Gasteiger partial charge in [-0.3, -0.25) is 14.9 Å². The lowest BCUT2D eigenvalue weighted by molar-refractivity contribution is -0.384. The van der Waals surface area contributed by atoms with Crippen LogP contribution in [-0.4, -0.2) is 34.7 Å². The zero-order valence-electron chi connectivity index (χ0n) is 11.6. The first kappa shape index (κ1) is 15.9. The van der Waals surface area contributed by atoms with E-state index in [1.165, 1.54) is 18.2 Å². The van der Waals surface area contributed by atoms with Crippen LogP contribution in [0.25, 0.3) is 0 Å². The second kappa shape index (κ2) is 6.33. The summed E-state index contributed by atoms with van der Waals surface area (Å²) >= 11 is 0. The topological polar surface area (TPSA) is 102 Å². The Labute approximate surface area is 116 Å². The summed E-state index contributed by atoms with van der Waals surface area (Å²) in [7, 11) is 1.56. The fourth-order valence-corrected chi connectivity index (χ4v) is 1.82. The lowest BCUT2D eigenvalue weighted by Crippen LogP contribution is -2.50. The summed E-state index contributed by atoms with van der Waals surface area (Å²) in [5, 5.41) is 22.6. The molecule has 0 saturated heterocycles. The monoisotopic (exact) mass is 282 g/mol. The van der Waals surface area contributed by atoms with Crippen LogP contribution >= 0.6 is 0 Å². The van der Waals surface area contributed by atoms with Crippen molar-refractivity contribution < 1.29 is 19.6 Å². The van der Waals surface area contributed by atoms with Gasteiger partial charge in [-0.1, -0.05) is 6.07 Å². The van der Waals surface area contributed by atoms with E-state index in [0.717, 1.165) is 0 Å². The van der Waals surface area contributed by atoms with Crippen molar-refractivity contribution in [3.8, 4) is 5.75 Å². The van der Waals surface area contributed by atoms with Gasteiger partial charge in [-0.15, -0.1) is 0 Å². The molecule has 1 aromatic rings. The highest BCUT2D eigenvalue weighted by atomic mass is 16.6. The lowest BCUT2D eigenvalue weighted by Gasteiger charge is -2.27. The molecule has 0 fully saturated rings. The fourth-order valence-electron chi connectivity index (χ4n) is 1.82. The Kier molecular flexibility index (Phi) is 5.04. The van der Waals surface area contributed by atoms with Crippen molar-refractivity contribution in [2.75, 3.05) is 7.05 Å². The third kappa shape index (κ3) is 3.92. The van der Waals surface area contributed by atoms with E-state index in [9.17, 15) is 14.9 Å². The Bertz CT molecular complexity index is 505. The van der Waals surface area contributed by atoms with Crippen molar-refractivity contribution >= 4 is 11.7 Å². The molecule has 7 nitrogen and oxygen atoms in total. The minimum absolute atomic E-state index is 0.0655. The maximum Gasteiger partial charge on any atom is 0.323 e. The Hall–Kier alpha value is -2.15. The number of nitrogens with one attached hydrogen (secondary N) is 1. The molecule has 0 spiro atoms. The molecule has 20 heavy (non-hydrogen) atoms. The lowest BCUT2D eigenvalue weighted by atomic mass is 9.95. The van der Waals surface area contributed by atoms with Crippen LogP contribution in [0.15, 0.2) is 24.3 Å². The van der Waals surface area contributed by atoms with Crippen LogP contribution in [0.2, 0.25) is 0 Å². The first-order valence-electron chi connectivity index (χ1n) is 6.12. The van der Waals surface area contributed by atoms with Crippen molar-refractivity contribution in [3.63, 3.8) is 0 Å². The molecule has 0 radical (unpaired) electrons. The van der Waals surface area contributed by atoms with Gasteiger partial charge in [0.05, 0.1) is 17.1 Å². The molecule has 2 unspecified atom stereocenters. The van der Waals surface area contributed by atoms with Gasteiger partial charge in [0.15, 0.2) is 0 Å². The molecular weight excluding hydrogens is 264 g/mol. The summed E-state index contributed by atoms with van der Waals surface area (Å²) in [5.41, 5.74) is -1.18. The molecule has 7 heteroatoms. The molecule has 0 saturated carbocycles. The summed E-state index contributed by atoms with van der Waals surface area (Å²) in [6, 6.07) is 5.80.